The minimum Gasteiger partial charge on any atom is -0.324 e. The van der Waals surface area contributed by atoms with Crippen LogP contribution in [0.4, 0.5) is 0 Å². The van der Waals surface area contributed by atoms with E-state index < -0.39 is 0 Å². The second-order valence-electron chi connectivity index (χ2n) is 3.89. The van der Waals surface area contributed by atoms with Crippen molar-refractivity contribution in [3.8, 4) is 11.3 Å². The molecule has 0 aliphatic rings. The molecule has 3 nitrogen and oxygen atoms in total. The Balaban J connectivity index is 2.36. The highest BCUT2D eigenvalue weighted by Gasteiger charge is 2.12. The molecule has 18 heavy (non-hydrogen) atoms. The first-order chi connectivity index (χ1) is 8.67. The van der Waals surface area contributed by atoms with Gasteiger partial charge in [-0.1, -0.05) is 19.1 Å². The first kappa shape index (κ1) is 13.6. The highest BCUT2D eigenvalue weighted by Crippen LogP contribution is 2.29. The summed E-state index contributed by atoms with van der Waals surface area (Å²) in [7, 11) is 1.96. The van der Waals surface area contributed by atoms with Crippen LogP contribution in [0.1, 0.15) is 12.7 Å². The third-order valence-electron chi connectivity index (χ3n) is 2.74. The van der Waals surface area contributed by atoms with E-state index in [2.05, 4.69) is 52.1 Å². The molecular weight excluding hydrogens is 310 g/mol. The Morgan fingerprint density at radius 1 is 1.33 bits per heavy atom. The predicted octanol–water partition coefficient (Wildman–Crippen LogP) is 3.42. The summed E-state index contributed by atoms with van der Waals surface area (Å²) in [6.45, 7) is 2.60. The summed E-state index contributed by atoms with van der Waals surface area (Å²) in [5, 5.41) is 0. The zero-order chi connectivity index (χ0) is 13.1. The van der Waals surface area contributed by atoms with Gasteiger partial charge in [0.05, 0.1) is 6.54 Å². The molecule has 0 saturated carbocycles. The standard InChI is InChI=1S/C13H16BrN3S/c1-3-18-10-6-4-9(5-7-10)12-13(14)17(2)11(8-15)16-12/h4-7H,3,8,15H2,1-2H3. The summed E-state index contributed by atoms with van der Waals surface area (Å²) in [6.07, 6.45) is 0. The molecule has 2 N–H and O–H groups in total. The first-order valence-electron chi connectivity index (χ1n) is 5.81. The fourth-order valence-corrected chi connectivity index (χ4v) is 2.95. The van der Waals surface area contributed by atoms with E-state index in [4.69, 9.17) is 5.73 Å². The smallest absolute Gasteiger partial charge is 0.123 e. The minimum atomic E-state index is 0.443. The molecular formula is C13H16BrN3S. The van der Waals surface area contributed by atoms with Crippen LogP contribution in [-0.2, 0) is 13.6 Å². The Morgan fingerprint density at radius 3 is 2.50 bits per heavy atom. The number of benzene rings is 1. The molecule has 2 rings (SSSR count). The zero-order valence-corrected chi connectivity index (χ0v) is 12.9. The average Bonchev–Trinajstić information content (AvgIpc) is 2.68. The first-order valence-corrected chi connectivity index (χ1v) is 7.59. The maximum atomic E-state index is 5.67. The lowest BCUT2D eigenvalue weighted by Crippen LogP contribution is -2.04. The topological polar surface area (TPSA) is 43.8 Å². The van der Waals surface area contributed by atoms with E-state index in [0.717, 1.165) is 27.4 Å². The third-order valence-corrected chi connectivity index (χ3v) is 4.54. The molecule has 0 radical (unpaired) electrons. The van der Waals surface area contributed by atoms with Crippen LogP contribution in [0.15, 0.2) is 33.8 Å². The summed E-state index contributed by atoms with van der Waals surface area (Å²) >= 11 is 5.41. The molecule has 0 unspecified atom stereocenters. The summed E-state index contributed by atoms with van der Waals surface area (Å²) in [5.74, 6) is 1.97. The van der Waals surface area contributed by atoms with E-state index in [9.17, 15) is 0 Å². The van der Waals surface area contributed by atoms with E-state index in [1.54, 1.807) is 0 Å². The Labute approximate surface area is 120 Å². The number of hydrogen-bond donors (Lipinski definition) is 1. The van der Waals surface area contributed by atoms with E-state index in [1.807, 2.05) is 23.4 Å². The molecule has 1 aromatic heterocycles. The maximum Gasteiger partial charge on any atom is 0.123 e. The van der Waals surface area contributed by atoms with Gasteiger partial charge in [0.2, 0.25) is 0 Å². The van der Waals surface area contributed by atoms with Crippen LogP contribution in [0.25, 0.3) is 11.3 Å². The molecule has 0 atom stereocenters. The van der Waals surface area contributed by atoms with Gasteiger partial charge in [-0.25, -0.2) is 4.98 Å². The van der Waals surface area contributed by atoms with Gasteiger partial charge in [-0.3, -0.25) is 0 Å². The largest absolute Gasteiger partial charge is 0.324 e. The van der Waals surface area contributed by atoms with E-state index in [1.165, 1.54) is 4.90 Å². The van der Waals surface area contributed by atoms with Crippen molar-refractivity contribution in [2.24, 2.45) is 12.8 Å². The average molecular weight is 326 g/mol. The van der Waals surface area contributed by atoms with Crippen LogP contribution in [-0.4, -0.2) is 15.3 Å². The van der Waals surface area contributed by atoms with Crippen LogP contribution in [0.3, 0.4) is 0 Å². The number of thioether (sulfide) groups is 1. The van der Waals surface area contributed by atoms with Gasteiger partial charge in [0.1, 0.15) is 16.1 Å². The Kier molecular flexibility index (Phi) is 4.48. The molecule has 0 amide bonds. The highest BCUT2D eigenvalue weighted by molar-refractivity contribution is 9.10. The van der Waals surface area contributed by atoms with Crippen molar-refractivity contribution in [2.75, 3.05) is 5.75 Å². The molecule has 1 heterocycles. The summed E-state index contributed by atoms with van der Waals surface area (Å²) in [6, 6.07) is 8.47. The summed E-state index contributed by atoms with van der Waals surface area (Å²) in [5.41, 5.74) is 7.73. The van der Waals surface area contributed by atoms with Crippen LogP contribution < -0.4 is 5.73 Å². The SMILES string of the molecule is CCSc1ccc(-c2nc(CN)n(C)c2Br)cc1. The van der Waals surface area contributed by atoms with Crippen molar-refractivity contribution in [1.29, 1.82) is 0 Å². The lowest BCUT2D eigenvalue weighted by atomic mass is 10.2. The predicted molar refractivity (Wildman–Crippen MR) is 80.6 cm³/mol. The highest BCUT2D eigenvalue weighted by atomic mass is 79.9. The van der Waals surface area contributed by atoms with Crippen molar-refractivity contribution in [1.82, 2.24) is 9.55 Å². The molecule has 1 aromatic carbocycles. The fourth-order valence-electron chi connectivity index (χ4n) is 1.76. The number of nitrogens with two attached hydrogens (primary N) is 1. The number of hydrogen-bond acceptors (Lipinski definition) is 3. The van der Waals surface area contributed by atoms with Gasteiger partial charge < -0.3 is 10.3 Å². The molecule has 2 aromatic rings. The molecule has 0 fully saturated rings. The van der Waals surface area contributed by atoms with Crippen LogP contribution >= 0.6 is 27.7 Å². The maximum absolute atomic E-state index is 5.67. The monoisotopic (exact) mass is 325 g/mol. The van der Waals surface area contributed by atoms with Crippen molar-refractivity contribution in [3.63, 3.8) is 0 Å². The van der Waals surface area contributed by atoms with Gasteiger partial charge in [0.15, 0.2) is 0 Å². The van der Waals surface area contributed by atoms with E-state index in [0.29, 0.717) is 6.54 Å². The minimum absolute atomic E-state index is 0.443. The number of halogens is 1. The second kappa shape index (κ2) is 5.91. The van der Waals surface area contributed by atoms with Crippen LogP contribution in [0, 0.1) is 0 Å². The molecule has 0 saturated heterocycles. The molecule has 5 heteroatoms. The van der Waals surface area contributed by atoms with E-state index in [-0.39, 0.29) is 0 Å². The van der Waals surface area contributed by atoms with Gasteiger partial charge in [0, 0.05) is 17.5 Å². The van der Waals surface area contributed by atoms with Crippen molar-refractivity contribution < 1.29 is 0 Å². The second-order valence-corrected chi connectivity index (χ2v) is 5.98. The van der Waals surface area contributed by atoms with Gasteiger partial charge in [0.25, 0.3) is 0 Å². The molecule has 0 aliphatic heterocycles. The molecule has 0 bridgehead atoms. The van der Waals surface area contributed by atoms with Crippen molar-refractivity contribution >= 4 is 27.7 Å². The number of rotatable bonds is 4. The Bertz CT molecular complexity index is 534. The molecule has 0 spiro atoms. The number of imidazole rings is 1. The lowest BCUT2D eigenvalue weighted by Gasteiger charge is -2.01. The zero-order valence-electron chi connectivity index (χ0n) is 10.5. The van der Waals surface area contributed by atoms with Gasteiger partial charge in [-0.15, -0.1) is 11.8 Å². The van der Waals surface area contributed by atoms with Gasteiger partial charge in [-0.05, 0) is 33.8 Å². The number of nitrogens with zero attached hydrogens (tertiary/aromatic N) is 2. The lowest BCUT2D eigenvalue weighted by molar-refractivity contribution is 0.781. The molecule has 0 aliphatic carbocycles. The van der Waals surface area contributed by atoms with Crippen molar-refractivity contribution in [2.45, 2.75) is 18.4 Å². The van der Waals surface area contributed by atoms with Gasteiger partial charge >= 0.3 is 0 Å². The quantitative estimate of drug-likeness (QED) is 0.876. The summed E-state index contributed by atoms with van der Waals surface area (Å²) in [4.78, 5) is 5.84. The normalized spacial score (nSPS) is 10.9. The van der Waals surface area contributed by atoms with Crippen molar-refractivity contribution in [3.05, 3.63) is 34.7 Å². The van der Waals surface area contributed by atoms with Gasteiger partial charge in [-0.2, -0.15) is 0 Å². The Morgan fingerprint density at radius 2 is 2.00 bits per heavy atom. The van der Waals surface area contributed by atoms with Crippen LogP contribution in [0.5, 0.6) is 0 Å². The fraction of sp³-hybridized carbons (Fsp3) is 0.308. The molecule has 96 valence electrons. The number of aromatic nitrogens is 2. The van der Waals surface area contributed by atoms with E-state index >= 15 is 0 Å². The van der Waals surface area contributed by atoms with Crippen LogP contribution in [0.2, 0.25) is 0 Å². The summed E-state index contributed by atoms with van der Waals surface area (Å²) < 4.78 is 2.95. The third kappa shape index (κ3) is 2.63. The Hall–Kier alpha value is -0.780.